The Bertz CT molecular complexity index is 329. The molecule has 17 heavy (non-hydrogen) atoms. The summed E-state index contributed by atoms with van der Waals surface area (Å²) in [5.41, 5.74) is 0.0103. The van der Waals surface area contributed by atoms with E-state index in [9.17, 15) is 0 Å². The Kier molecular flexibility index (Phi) is 3.86. The highest BCUT2D eigenvalue weighted by Gasteiger charge is 2.37. The van der Waals surface area contributed by atoms with Crippen LogP contribution in [0.2, 0.25) is 0 Å². The van der Waals surface area contributed by atoms with Crippen LogP contribution >= 0.6 is 0 Å². The highest BCUT2D eigenvalue weighted by Crippen LogP contribution is 2.31. The number of rotatable bonds is 4. The van der Waals surface area contributed by atoms with Crippen molar-refractivity contribution in [2.75, 3.05) is 33.4 Å². The van der Waals surface area contributed by atoms with Crippen LogP contribution in [0.4, 0.5) is 0 Å². The van der Waals surface area contributed by atoms with Gasteiger partial charge in [-0.25, -0.2) is 0 Å². The lowest BCUT2D eigenvalue weighted by Crippen LogP contribution is -2.55. The second-order valence-electron chi connectivity index (χ2n) is 4.99. The summed E-state index contributed by atoms with van der Waals surface area (Å²) in [6.45, 7) is 8.10. The molecule has 1 fully saturated rings. The van der Waals surface area contributed by atoms with Gasteiger partial charge >= 0.3 is 0 Å². The lowest BCUT2D eigenvalue weighted by atomic mass is 9.90. The average Bonchev–Trinajstić information content (AvgIpc) is 2.84. The van der Waals surface area contributed by atoms with Crippen LogP contribution in [0.15, 0.2) is 22.8 Å². The fraction of sp³-hybridized carbons (Fsp3) is 0.692. The molecule has 0 amide bonds. The fourth-order valence-electron chi connectivity index (χ4n) is 2.62. The second-order valence-corrected chi connectivity index (χ2v) is 4.99. The molecule has 0 radical (unpaired) electrons. The SMILES string of the molecule is CNC(c1ccco1)C(C)(C)N1CCOCC1. The third-order valence-electron chi connectivity index (χ3n) is 3.65. The smallest absolute Gasteiger partial charge is 0.122 e. The summed E-state index contributed by atoms with van der Waals surface area (Å²) in [6, 6.07) is 4.16. The van der Waals surface area contributed by atoms with Crippen LogP contribution in [0.25, 0.3) is 0 Å². The minimum Gasteiger partial charge on any atom is -0.468 e. The van der Waals surface area contributed by atoms with Crippen LogP contribution in [0.3, 0.4) is 0 Å². The molecule has 96 valence electrons. The average molecular weight is 238 g/mol. The van der Waals surface area contributed by atoms with Crippen LogP contribution in [0.1, 0.15) is 25.6 Å². The van der Waals surface area contributed by atoms with Gasteiger partial charge < -0.3 is 14.5 Å². The number of hydrogen-bond acceptors (Lipinski definition) is 4. The van der Waals surface area contributed by atoms with E-state index < -0.39 is 0 Å². The van der Waals surface area contributed by atoms with E-state index in [4.69, 9.17) is 9.15 Å². The van der Waals surface area contributed by atoms with E-state index in [1.54, 1.807) is 6.26 Å². The van der Waals surface area contributed by atoms with Crippen LogP contribution in [0, 0.1) is 0 Å². The molecule has 1 saturated heterocycles. The number of ether oxygens (including phenoxy) is 1. The Morgan fingerprint density at radius 3 is 2.59 bits per heavy atom. The van der Waals surface area contributed by atoms with E-state index in [-0.39, 0.29) is 11.6 Å². The molecule has 0 saturated carbocycles. The van der Waals surface area contributed by atoms with Crippen molar-refractivity contribution < 1.29 is 9.15 Å². The lowest BCUT2D eigenvalue weighted by Gasteiger charge is -2.44. The third-order valence-corrected chi connectivity index (χ3v) is 3.65. The summed E-state index contributed by atoms with van der Waals surface area (Å²) in [6.07, 6.45) is 1.73. The van der Waals surface area contributed by atoms with E-state index in [0.717, 1.165) is 32.1 Å². The summed E-state index contributed by atoms with van der Waals surface area (Å²) in [4.78, 5) is 2.46. The number of furan rings is 1. The number of hydrogen-bond donors (Lipinski definition) is 1. The predicted molar refractivity (Wildman–Crippen MR) is 67.0 cm³/mol. The standard InChI is InChI=1S/C13H22N2O2/c1-13(2,15-6-9-16-10-7-15)12(14-3)11-5-4-8-17-11/h4-5,8,12,14H,6-7,9-10H2,1-3H3. The summed E-state index contributed by atoms with van der Waals surface area (Å²) in [7, 11) is 1.98. The zero-order valence-electron chi connectivity index (χ0n) is 10.9. The van der Waals surface area contributed by atoms with Gasteiger partial charge in [0.15, 0.2) is 0 Å². The maximum atomic E-state index is 5.54. The first-order chi connectivity index (χ1) is 8.16. The minimum atomic E-state index is 0.0103. The van der Waals surface area contributed by atoms with Crippen molar-refractivity contribution >= 4 is 0 Å². The van der Waals surface area contributed by atoms with Crippen molar-refractivity contribution in [2.24, 2.45) is 0 Å². The molecule has 1 N–H and O–H groups in total. The van der Waals surface area contributed by atoms with Gasteiger partial charge in [0.25, 0.3) is 0 Å². The highest BCUT2D eigenvalue weighted by atomic mass is 16.5. The van der Waals surface area contributed by atoms with Crippen molar-refractivity contribution in [3.63, 3.8) is 0 Å². The van der Waals surface area contributed by atoms with Gasteiger partial charge in [-0.05, 0) is 33.0 Å². The van der Waals surface area contributed by atoms with E-state index in [2.05, 4.69) is 24.1 Å². The molecule has 1 aliphatic heterocycles. The number of likely N-dealkylation sites (N-methyl/N-ethyl adjacent to an activating group) is 1. The van der Waals surface area contributed by atoms with Crippen LogP contribution < -0.4 is 5.32 Å². The predicted octanol–water partition coefficient (Wildman–Crippen LogP) is 1.65. The molecule has 0 spiro atoms. The zero-order valence-corrected chi connectivity index (χ0v) is 10.9. The van der Waals surface area contributed by atoms with Crippen molar-refractivity contribution in [2.45, 2.75) is 25.4 Å². The molecule has 0 aliphatic carbocycles. The monoisotopic (exact) mass is 238 g/mol. The Labute approximate surface area is 103 Å². The normalized spacial score (nSPS) is 20.4. The highest BCUT2D eigenvalue weighted by molar-refractivity contribution is 5.11. The molecule has 1 unspecified atom stereocenters. The molecule has 4 nitrogen and oxygen atoms in total. The largest absolute Gasteiger partial charge is 0.468 e. The summed E-state index contributed by atoms with van der Waals surface area (Å²) < 4.78 is 11.0. The van der Waals surface area contributed by atoms with E-state index in [1.807, 2.05) is 19.2 Å². The molecule has 2 rings (SSSR count). The first kappa shape index (κ1) is 12.6. The molecule has 2 heterocycles. The molecule has 1 atom stereocenters. The molecular weight excluding hydrogens is 216 g/mol. The van der Waals surface area contributed by atoms with Crippen molar-refractivity contribution in [3.8, 4) is 0 Å². The Morgan fingerprint density at radius 1 is 1.35 bits per heavy atom. The Morgan fingerprint density at radius 2 is 2.06 bits per heavy atom. The third kappa shape index (κ3) is 2.54. The Hall–Kier alpha value is -0.840. The molecule has 0 bridgehead atoms. The van der Waals surface area contributed by atoms with E-state index >= 15 is 0 Å². The zero-order chi connectivity index (χ0) is 12.3. The van der Waals surface area contributed by atoms with Crippen LogP contribution in [-0.4, -0.2) is 43.8 Å². The molecule has 4 heteroatoms. The maximum Gasteiger partial charge on any atom is 0.122 e. The molecule has 0 aromatic carbocycles. The first-order valence-corrected chi connectivity index (χ1v) is 6.19. The number of nitrogens with one attached hydrogen (secondary N) is 1. The number of morpholine rings is 1. The van der Waals surface area contributed by atoms with Gasteiger partial charge in [0.1, 0.15) is 5.76 Å². The van der Waals surface area contributed by atoms with Gasteiger partial charge in [-0.1, -0.05) is 0 Å². The second kappa shape index (κ2) is 5.21. The minimum absolute atomic E-state index is 0.0103. The molecule has 1 aromatic rings. The molecule has 1 aliphatic rings. The van der Waals surface area contributed by atoms with Gasteiger partial charge in [0.2, 0.25) is 0 Å². The van der Waals surface area contributed by atoms with Gasteiger partial charge in [-0.15, -0.1) is 0 Å². The van der Waals surface area contributed by atoms with E-state index in [0.29, 0.717) is 0 Å². The lowest BCUT2D eigenvalue weighted by molar-refractivity contribution is -0.0254. The van der Waals surface area contributed by atoms with Gasteiger partial charge in [0.05, 0.1) is 25.5 Å². The maximum absolute atomic E-state index is 5.54. The summed E-state index contributed by atoms with van der Waals surface area (Å²) in [5.74, 6) is 0.990. The number of nitrogens with zero attached hydrogens (tertiary/aromatic N) is 1. The van der Waals surface area contributed by atoms with E-state index in [1.165, 1.54) is 0 Å². The van der Waals surface area contributed by atoms with Crippen molar-refractivity contribution in [1.82, 2.24) is 10.2 Å². The van der Waals surface area contributed by atoms with Crippen molar-refractivity contribution in [1.29, 1.82) is 0 Å². The van der Waals surface area contributed by atoms with Crippen molar-refractivity contribution in [3.05, 3.63) is 24.2 Å². The molecule has 1 aromatic heterocycles. The molecular formula is C13H22N2O2. The van der Waals surface area contributed by atoms with Gasteiger partial charge in [-0.3, -0.25) is 4.90 Å². The Balaban J connectivity index is 2.16. The van der Waals surface area contributed by atoms with Gasteiger partial charge in [-0.2, -0.15) is 0 Å². The van der Waals surface area contributed by atoms with Crippen LogP contribution in [-0.2, 0) is 4.74 Å². The van der Waals surface area contributed by atoms with Crippen LogP contribution in [0.5, 0.6) is 0 Å². The van der Waals surface area contributed by atoms with Gasteiger partial charge in [0, 0.05) is 18.6 Å². The summed E-state index contributed by atoms with van der Waals surface area (Å²) >= 11 is 0. The quantitative estimate of drug-likeness (QED) is 0.865. The fourth-order valence-corrected chi connectivity index (χ4v) is 2.62. The first-order valence-electron chi connectivity index (χ1n) is 6.19. The summed E-state index contributed by atoms with van der Waals surface area (Å²) in [5, 5.41) is 3.37. The topological polar surface area (TPSA) is 37.6 Å².